The molecule has 0 saturated heterocycles. The van der Waals surface area contributed by atoms with Crippen molar-refractivity contribution in [3.63, 3.8) is 0 Å². The van der Waals surface area contributed by atoms with Crippen molar-refractivity contribution in [3.05, 3.63) is 63.2 Å². The van der Waals surface area contributed by atoms with E-state index < -0.39 is 0 Å². The lowest BCUT2D eigenvalue weighted by molar-refractivity contribution is -0.384. The van der Waals surface area contributed by atoms with Gasteiger partial charge in [0.05, 0.1) is 4.92 Å². The first kappa shape index (κ1) is 15.8. The molecule has 0 atom stereocenters. The van der Waals surface area contributed by atoms with E-state index in [1.54, 1.807) is 31.1 Å². The molecule has 0 saturated carbocycles. The predicted molar refractivity (Wildman–Crippen MR) is 90.7 cm³/mol. The van der Waals surface area contributed by atoms with Crippen LogP contribution in [-0.2, 0) is 6.54 Å². The molecule has 0 heterocycles. The van der Waals surface area contributed by atoms with Crippen LogP contribution in [-0.4, -0.2) is 19.0 Å². The summed E-state index contributed by atoms with van der Waals surface area (Å²) in [7, 11) is 3.60. The lowest BCUT2D eigenvalue weighted by Crippen LogP contribution is -2.11. The van der Waals surface area contributed by atoms with E-state index in [2.05, 4.69) is 25.2 Å². The third-order valence-electron chi connectivity index (χ3n) is 3.81. The van der Waals surface area contributed by atoms with Gasteiger partial charge in [-0.3, -0.25) is 10.1 Å². The van der Waals surface area contributed by atoms with Gasteiger partial charge in [0.15, 0.2) is 0 Å². The fourth-order valence-corrected chi connectivity index (χ4v) is 2.34. The van der Waals surface area contributed by atoms with Crippen LogP contribution in [0.2, 0.25) is 0 Å². The maximum absolute atomic E-state index is 11.2. The van der Waals surface area contributed by atoms with E-state index in [0.29, 0.717) is 12.2 Å². The van der Waals surface area contributed by atoms with Crippen LogP contribution < -0.4 is 10.2 Å². The molecule has 0 bridgehead atoms. The van der Waals surface area contributed by atoms with Gasteiger partial charge in [-0.2, -0.15) is 0 Å². The largest absolute Gasteiger partial charge is 0.381 e. The minimum absolute atomic E-state index is 0.130. The van der Waals surface area contributed by atoms with Crippen LogP contribution in [0, 0.1) is 24.0 Å². The van der Waals surface area contributed by atoms with E-state index in [0.717, 1.165) is 11.3 Å². The van der Waals surface area contributed by atoms with Crippen molar-refractivity contribution in [1.29, 1.82) is 0 Å². The Morgan fingerprint density at radius 3 is 2.55 bits per heavy atom. The van der Waals surface area contributed by atoms with Crippen LogP contribution in [0.1, 0.15) is 16.7 Å². The number of hydrogen-bond acceptors (Lipinski definition) is 4. The first-order chi connectivity index (χ1) is 10.4. The zero-order valence-corrected chi connectivity index (χ0v) is 13.4. The third kappa shape index (κ3) is 3.36. The molecule has 0 aliphatic carbocycles. The van der Waals surface area contributed by atoms with Crippen molar-refractivity contribution in [3.8, 4) is 0 Å². The highest BCUT2D eigenvalue weighted by molar-refractivity contribution is 5.64. The van der Waals surface area contributed by atoms with E-state index in [4.69, 9.17) is 0 Å². The summed E-state index contributed by atoms with van der Waals surface area (Å²) in [5.74, 6) is 0. The first-order valence-corrected chi connectivity index (χ1v) is 7.15. The normalized spacial score (nSPS) is 10.4. The molecule has 0 unspecified atom stereocenters. The summed E-state index contributed by atoms with van der Waals surface area (Å²) < 4.78 is 0. The number of rotatable bonds is 5. The number of nitrogens with zero attached hydrogens (tertiary/aromatic N) is 2. The van der Waals surface area contributed by atoms with Gasteiger partial charge in [0, 0.05) is 32.4 Å². The zero-order chi connectivity index (χ0) is 16.3. The molecular formula is C17H21N3O2. The Morgan fingerprint density at radius 2 is 1.91 bits per heavy atom. The summed E-state index contributed by atoms with van der Waals surface area (Å²) in [6.07, 6.45) is 0. The summed E-state index contributed by atoms with van der Waals surface area (Å²) in [5.41, 5.74) is 5.10. The number of hydrogen-bond donors (Lipinski definition) is 1. The Morgan fingerprint density at radius 1 is 1.18 bits per heavy atom. The molecule has 0 aromatic heterocycles. The molecule has 5 heteroatoms. The fraction of sp³-hybridized carbons (Fsp3) is 0.294. The molecule has 116 valence electrons. The molecule has 2 aromatic rings. The Labute approximate surface area is 130 Å². The second-order valence-corrected chi connectivity index (χ2v) is 5.58. The Bertz CT molecular complexity index is 696. The lowest BCUT2D eigenvalue weighted by atomic mass is 10.1. The van der Waals surface area contributed by atoms with Crippen LogP contribution in [0.4, 0.5) is 17.1 Å². The minimum Gasteiger partial charge on any atom is -0.381 e. The van der Waals surface area contributed by atoms with Crippen molar-refractivity contribution in [1.82, 2.24) is 0 Å². The van der Waals surface area contributed by atoms with Gasteiger partial charge in [0.2, 0.25) is 0 Å². The van der Waals surface area contributed by atoms with Crippen molar-refractivity contribution < 1.29 is 4.92 Å². The Balaban J connectivity index is 2.22. The second kappa shape index (κ2) is 6.47. The molecule has 22 heavy (non-hydrogen) atoms. The summed E-state index contributed by atoms with van der Waals surface area (Å²) in [5, 5.41) is 14.6. The SMILES string of the molecule is Cc1cccc(NCc2ccc(N(C)C)c([N+](=O)[O-])c2)c1C. The van der Waals surface area contributed by atoms with Crippen molar-refractivity contribution in [2.75, 3.05) is 24.3 Å². The van der Waals surface area contributed by atoms with Crippen LogP contribution in [0.5, 0.6) is 0 Å². The zero-order valence-electron chi connectivity index (χ0n) is 13.4. The highest BCUT2D eigenvalue weighted by Crippen LogP contribution is 2.28. The van der Waals surface area contributed by atoms with E-state index in [1.165, 1.54) is 11.1 Å². The van der Waals surface area contributed by atoms with Crippen LogP contribution in [0.3, 0.4) is 0 Å². The number of nitro groups is 1. The van der Waals surface area contributed by atoms with Gasteiger partial charge in [-0.15, -0.1) is 0 Å². The molecular weight excluding hydrogens is 278 g/mol. The van der Waals surface area contributed by atoms with Gasteiger partial charge in [0.25, 0.3) is 5.69 Å². The summed E-state index contributed by atoms with van der Waals surface area (Å²) in [6, 6.07) is 11.4. The smallest absolute Gasteiger partial charge is 0.292 e. The van der Waals surface area contributed by atoms with E-state index >= 15 is 0 Å². The summed E-state index contributed by atoms with van der Waals surface area (Å²) >= 11 is 0. The molecule has 2 aromatic carbocycles. The van der Waals surface area contributed by atoms with Gasteiger partial charge in [-0.1, -0.05) is 18.2 Å². The van der Waals surface area contributed by atoms with E-state index in [1.807, 2.05) is 18.2 Å². The van der Waals surface area contributed by atoms with Crippen molar-refractivity contribution in [2.24, 2.45) is 0 Å². The molecule has 0 fully saturated rings. The summed E-state index contributed by atoms with van der Waals surface area (Å²) in [4.78, 5) is 12.6. The van der Waals surface area contributed by atoms with Crippen LogP contribution in [0.25, 0.3) is 0 Å². The fourth-order valence-electron chi connectivity index (χ4n) is 2.34. The lowest BCUT2D eigenvalue weighted by Gasteiger charge is -2.15. The number of nitrogens with one attached hydrogen (secondary N) is 1. The van der Waals surface area contributed by atoms with Gasteiger partial charge in [0.1, 0.15) is 5.69 Å². The van der Waals surface area contributed by atoms with E-state index in [-0.39, 0.29) is 10.6 Å². The van der Waals surface area contributed by atoms with Crippen LogP contribution >= 0.6 is 0 Å². The molecule has 0 aliphatic rings. The number of anilines is 2. The minimum atomic E-state index is -0.337. The average Bonchev–Trinajstić information content (AvgIpc) is 2.48. The van der Waals surface area contributed by atoms with Crippen molar-refractivity contribution in [2.45, 2.75) is 20.4 Å². The predicted octanol–water partition coefficient (Wildman–Crippen LogP) is 3.89. The highest BCUT2D eigenvalue weighted by Gasteiger charge is 2.16. The molecule has 5 nitrogen and oxygen atoms in total. The maximum atomic E-state index is 11.2. The Hall–Kier alpha value is -2.56. The van der Waals surface area contributed by atoms with Gasteiger partial charge >= 0.3 is 0 Å². The number of nitro benzene ring substituents is 1. The first-order valence-electron chi connectivity index (χ1n) is 7.15. The quantitative estimate of drug-likeness (QED) is 0.672. The van der Waals surface area contributed by atoms with Gasteiger partial charge in [-0.25, -0.2) is 0 Å². The third-order valence-corrected chi connectivity index (χ3v) is 3.81. The topological polar surface area (TPSA) is 58.4 Å². The monoisotopic (exact) mass is 299 g/mol. The number of aryl methyl sites for hydroxylation is 1. The molecule has 2 rings (SSSR count). The average molecular weight is 299 g/mol. The molecule has 0 aliphatic heterocycles. The highest BCUT2D eigenvalue weighted by atomic mass is 16.6. The van der Waals surface area contributed by atoms with Crippen molar-refractivity contribution >= 4 is 17.1 Å². The maximum Gasteiger partial charge on any atom is 0.292 e. The number of benzene rings is 2. The Kier molecular flexibility index (Phi) is 4.65. The van der Waals surface area contributed by atoms with Gasteiger partial charge in [-0.05, 0) is 42.7 Å². The summed E-state index contributed by atoms with van der Waals surface area (Å²) in [6.45, 7) is 4.69. The molecule has 0 amide bonds. The standard InChI is InChI=1S/C17H21N3O2/c1-12-6-5-7-15(13(12)2)18-11-14-8-9-16(19(3)4)17(10-14)20(21)22/h5-10,18H,11H2,1-4H3. The van der Waals surface area contributed by atoms with Gasteiger partial charge < -0.3 is 10.2 Å². The van der Waals surface area contributed by atoms with E-state index in [9.17, 15) is 10.1 Å². The molecule has 0 spiro atoms. The molecule has 0 radical (unpaired) electrons. The van der Waals surface area contributed by atoms with Crippen LogP contribution in [0.15, 0.2) is 36.4 Å². The second-order valence-electron chi connectivity index (χ2n) is 5.58. The molecule has 1 N–H and O–H groups in total.